The second-order valence-electron chi connectivity index (χ2n) is 16.1. The number of allylic oxidation sites excluding steroid dienone is 5. The highest BCUT2D eigenvalue weighted by molar-refractivity contribution is 5.76. The van der Waals surface area contributed by atoms with E-state index in [0.717, 1.165) is 44.9 Å². The Hall–Kier alpha value is -1.99. The van der Waals surface area contributed by atoms with Gasteiger partial charge in [-0.1, -0.05) is 82.4 Å². The molecule has 3 heterocycles. The Bertz CT molecular complexity index is 1300. The average molecular weight is 894 g/mol. The average Bonchev–Trinajstić information content (AvgIpc) is 3.27. The molecular formula is C43H75NO18. The van der Waals surface area contributed by atoms with Gasteiger partial charge in [0.2, 0.25) is 5.91 Å². The number of aliphatic hydroxyl groups excluding tert-OH is 11. The van der Waals surface area contributed by atoms with E-state index in [2.05, 4.69) is 43.5 Å². The Morgan fingerprint density at radius 2 is 1.03 bits per heavy atom. The maximum Gasteiger partial charge on any atom is 0.220 e. The number of unbranched alkanes of at least 4 members (excludes halogenated alkanes) is 8. The number of amides is 1. The molecule has 19 heteroatoms. The first-order valence-corrected chi connectivity index (χ1v) is 22.2. The van der Waals surface area contributed by atoms with Crippen molar-refractivity contribution in [1.82, 2.24) is 5.32 Å². The van der Waals surface area contributed by atoms with Crippen molar-refractivity contribution >= 4 is 5.91 Å². The van der Waals surface area contributed by atoms with Crippen LogP contribution in [0.2, 0.25) is 0 Å². The van der Waals surface area contributed by atoms with Crippen molar-refractivity contribution in [2.24, 2.45) is 0 Å². The highest BCUT2D eigenvalue weighted by Crippen LogP contribution is 2.32. The van der Waals surface area contributed by atoms with Crippen LogP contribution in [0, 0.1) is 0 Å². The maximum absolute atomic E-state index is 12.9. The lowest BCUT2D eigenvalue weighted by molar-refractivity contribution is -0.379. The first-order chi connectivity index (χ1) is 29.8. The number of aliphatic hydroxyl groups is 11. The van der Waals surface area contributed by atoms with Crippen molar-refractivity contribution < 1.29 is 89.4 Å². The molecule has 0 aromatic rings. The molecular weight excluding hydrogens is 818 g/mol. The van der Waals surface area contributed by atoms with Crippen LogP contribution >= 0.6 is 0 Å². The minimum absolute atomic E-state index is 0.222. The van der Waals surface area contributed by atoms with Crippen LogP contribution in [-0.2, 0) is 33.2 Å². The largest absolute Gasteiger partial charge is 0.394 e. The zero-order valence-electron chi connectivity index (χ0n) is 36.1. The number of ether oxygens (including phenoxy) is 6. The predicted molar refractivity (Wildman–Crippen MR) is 222 cm³/mol. The number of hydrogen-bond donors (Lipinski definition) is 12. The first-order valence-electron chi connectivity index (χ1n) is 22.2. The Morgan fingerprint density at radius 3 is 1.58 bits per heavy atom. The summed E-state index contributed by atoms with van der Waals surface area (Å²) in [7, 11) is 0. The number of hydrogen-bond acceptors (Lipinski definition) is 18. The van der Waals surface area contributed by atoms with E-state index in [0.29, 0.717) is 12.8 Å². The molecule has 62 heavy (non-hydrogen) atoms. The van der Waals surface area contributed by atoms with Crippen LogP contribution in [0.15, 0.2) is 36.5 Å². The number of nitrogens with one attached hydrogen (secondary N) is 1. The Kier molecular flexibility index (Phi) is 25.9. The van der Waals surface area contributed by atoms with Crippen LogP contribution < -0.4 is 5.32 Å². The SMILES string of the molecule is CCCCC/C=C/CC/C=C/CC/C=C/C(O)C(COC1OC(CO)C(OC2OC(CO)C(OC3OC(CO)C(O)C(O)C3O)C(O)C2O)C(O)C1O)NC(=O)CCCCCC. The Morgan fingerprint density at radius 1 is 0.565 bits per heavy atom. The standard InChI is InChI=1S/C43H75NO18/c1-3-5-7-9-10-11-12-13-14-15-16-17-18-20-27(48)26(44-31(49)21-19-8-6-4-2)25-57-41-37(55)34(52)39(29(23-46)59-41)62-43-38(56)35(53)40(30(24-47)60-43)61-42-36(54)33(51)32(50)28(22-45)58-42/h10-11,14-15,18,20,26-30,32-43,45-48,50-56H,3-9,12-13,16-17,19,21-25H2,1-2H3,(H,44,49)/b11-10+,15-14+,20-18+. The van der Waals surface area contributed by atoms with Crippen LogP contribution in [0.3, 0.4) is 0 Å². The van der Waals surface area contributed by atoms with E-state index in [1.165, 1.54) is 19.3 Å². The summed E-state index contributed by atoms with van der Waals surface area (Å²) in [4.78, 5) is 12.9. The zero-order valence-corrected chi connectivity index (χ0v) is 36.1. The first kappa shape index (κ1) is 54.3. The normalized spacial score (nSPS) is 35.5. The van der Waals surface area contributed by atoms with Crippen molar-refractivity contribution in [3.63, 3.8) is 0 Å². The quantitative estimate of drug-likeness (QED) is 0.0334. The van der Waals surface area contributed by atoms with Crippen LogP contribution in [0.25, 0.3) is 0 Å². The molecule has 3 fully saturated rings. The number of carbonyl (C=O) groups excluding carboxylic acids is 1. The van der Waals surface area contributed by atoms with E-state index < -0.39 is 124 Å². The predicted octanol–water partition coefficient (Wildman–Crippen LogP) is -0.923. The molecule has 3 aliphatic heterocycles. The molecule has 17 atom stereocenters. The monoisotopic (exact) mass is 893 g/mol. The molecule has 1 amide bonds. The van der Waals surface area contributed by atoms with Crippen molar-refractivity contribution in [1.29, 1.82) is 0 Å². The van der Waals surface area contributed by atoms with Gasteiger partial charge in [-0.05, 0) is 44.9 Å². The molecule has 0 radical (unpaired) electrons. The highest BCUT2D eigenvalue weighted by atomic mass is 16.8. The fourth-order valence-electron chi connectivity index (χ4n) is 7.33. The molecule has 3 saturated heterocycles. The van der Waals surface area contributed by atoms with Gasteiger partial charge in [0, 0.05) is 6.42 Å². The fraction of sp³-hybridized carbons (Fsp3) is 0.837. The van der Waals surface area contributed by atoms with Gasteiger partial charge in [-0.25, -0.2) is 0 Å². The Labute approximate surface area is 364 Å². The molecule has 0 saturated carbocycles. The maximum atomic E-state index is 12.9. The van der Waals surface area contributed by atoms with Crippen molar-refractivity contribution in [3.05, 3.63) is 36.5 Å². The van der Waals surface area contributed by atoms with Gasteiger partial charge in [0.25, 0.3) is 0 Å². The molecule has 19 nitrogen and oxygen atoms in total. The molecule has 0 aliphatic carbocycles. The third-order valence-electron chi connectivity index (χ3n) is 11.2. The molecule has 17 unspecified atom stereocenters. The lowest BCUT2D eigenvalue weighted by Gasteiger charge is -2.48. The second-order valence-corrected chi connectivity index (χ2v) is 16.1. The van der Waals surface area contributed by atoms with E-state index >= 15 is 0 Å². The second kappa shape index (κ2) is 29.5. The zero-order chi connectivity index (χ0) is 45.6. The third kappa shape index (κ3) is 16.8. The molecule has 3 rings (SSSR count). The summed E-state index contributed by atoms with van der Waals surface area (Å²) >= 11 is 0. The van der Waals surface area contributed by atoms with Gasteiger partial charge < -0.3 is 89.9 Å². The minimum Gasteiger partial charge on any atom is -0.394 e. The van der Waals surface area contributed by atoms with Gasteiger partial charge in [0.05, 0.1) is 38.6 Å². The minimum atomic E-state index is -1.98. The van der Waals surface area contributed by atoms with Crippen LogP contribution in [0.4, 0.5) is 0 Å². The fourth-order valence-corrected chi connectivity index (χ4v) is 7.33. The van der Waals surface area contributed by atoms with E-state index in [4.69, 9.17) is 28.4 Å². The van der Waals surface area contributed by atoms with Gasteiger partial charge in [-0.2, -0.15) is 0 Å². The van der Waals surface area contributed by atoms with Crippen molar-refractivity contribution in [2.45, 2.75) is 202 Å². The molecule has 360 valence electrons. The van der Waals surface area contributed by atoms with Gasteiger partial charge in [-0.15, -0.1) is 0 Å². The summed E-state index contributed by atoms with van der Waals surface area (Å²) in [6.07, 6.45) is -3.14. The van der Waals surface area contributed by atoms with Crippen LogP contribution in [-0.4, -0.2) is 193 Å². The van der Waals surface area contributed by atoms with Crippen LogP contribution in [0.5, 0.6) is 0 Å². The van der Waals surface area contributed by atoms with E-state index in [-0.39, 0.29) is 18.9 Å². The topological polar surface area (TPSA) is 307 Å². The lowest BCUT2D eigenvalue weighted by Crippen LogP contribution is -2.66. The van der Waals surface area contributed by atoms with Gasteiger partial charge in [-0.3, -0.25) is 4.79 Å². The molecule has 0 bridgehead atoms. The molecule has 0 aromatic heterocycles. The van der Waals surface area contributed by atoms with E-state index in [1.54, 1.807) is 12.2 Å². The summed E-state index contributed by atoms with van der Waals surface area (Å²) < 4.78 is 33.8. The summed E-state index contributed by atoms with van der Waals surface area (Å²) in [5, 5.41) is 119. The van der Waals surface area contributed by atoms with Crippen molar-refractivity contribution in [2.75, 3.05) is 26.4 Å². The number of rotatable bonds is 28. The van der Waals surface area contributed by atoms with E-state index in [1.807, 2.05) is 0 Å². The molecule has 3 aliphatic rings. The highest BCUT2D eigenvalue weighted by Gasteiger charge is 2.53. The molecule has 12 N–H and O–H groups in total. The number of carbonyl (C=O) groups is 1. The van der Waals surface area contributed by atoms with Crippen LogP contribution in [0.1, 0.15) is 97.3 Å². The summed E-state index contributed by atoms with van der Waals surface area (Å²) in [6.45, 7) is 1.44. The summed E-state index contributed by atoms with van der Waals surface area (Å²) in [5.74, 6) is -0.313. The van der Waals surface area contributed by atoms with Gasteiger partial charge in [0.15, 0.2) is 18.9 Å². The molecule has 0 aromatic carbocycles. The Balaban J connectivity index is 1.60. The summed E-state index contributed by atoms with van der Waals surface area (Å²) in [5.41, 5.74) is 0. The van der Waals surface area contributed by atoms with E-state index in [9.17, 15) is 61.0 Å². The smallest absolute Gasteiger partial charge is 0.220 e. The van der Waals surface area contributed by atoms with Gasteiger partial charge >= 0.3 is 0 Å². The third-order valence-corrected chi connectivity index (χ3v) is 11.2. The van der Waals surface area contributed by atoms with Crippen molar-refractivity contribution in [3.8, 4) is 0 Å². The molecule has 0 spiro atoms. The summed E-state index contributed by atoms with van der Waals surface area (Å²) in [6, 6.07) is -0.986. The van der Waals surface area contributed by atoms with Gasteiger partial charge in [0.1, 0.15) is 73.2 Å². The lowest BCUT2D eigenvalue weighted by atomic mass is 9.96.